The minimum Gasteiger partial charge on any atom is -0.310 e. The molecule has 9 atom stereocenters. The number of fused-ring (bicyclic) bond motifs is 10. The van der Waals surface area contributed by atoms with Gasteiger partial charge in [-0.2, -0.15) is 0 Å². The molecule has 274 valence electrons. The fourth-order valence-corrected chi connectivity index (χ4v) is 15.0. The molecule has 8 unspecified atom stereocenters. The predicted molar refractivity (Wildman–Crippen MR) is 230 cm³/mol. The van der Waals surface area contributed by atoms with Gasteiger partial charge >= 0.3 is 0 Å². The minimum absolute atomic E-state index is 0.0627. The first-order chi connectivity index (χ1) is 27.0. The second-order valence-electron chi connectivity index (χ2n) is 18.9. The summed E-state index contributed by atoms with van der Waals surface area (Å²) in [6.45, 7) is 9.26. The molecule has 6 bridgehead atoms. The van der Waals surface area contributed by atoms with Crippen molar-refractivity contribution < 1.29 is 0 Å². The number of rotatable bonds is 5. The summed E-state index contributed by atoms with van der Waals surface area (Å²) in [7, 11) is 0. The Bertz CT molecular complexity index is 2490. The van der Waals surface area contributed by atoms with Gasteiger partial charge in [-0.05, 0) is 180 Å². The normalized spacial score (nSPS) is 33.2. The van der Waals surface area contributed by atoms with Gasteiger partial charge < -0.3 is 4.90 Å². The van der Waals surface area contributed by atoms with E-state index in [-0.39, 0.29) is 10.8 Å². The van der Waals surface area contributed by atoms with Crippen LogP contribution in [0, 0.1) is 41.4 Å². The monoisotopic (exact) mass is 715 g/mol. The number of benzene rings is 5. The molecule has 0 heterocycles. The van der Waals surface area contributed by atoms with Crippen molar-refractivity contribution in [3.05, 3.63) is 156 Å². The van der Waals surface area contributed by atoms with E-state index in [2.05, 4.69) is 147 Å². The number of anilines is 3. The summed E-state index contributed by atoms with van der Waals surface area (Å²) in [5.41, 5.74) is 16.0. The molecule has 0 aromatic heterocycles. The molecule has 0 saturated heterocycles. The summed E-state index contributed by atoms with van der Waals surface area (Å²) in [5, 5.41) is 2.58. The van der Waals surface area contributed by atoms with E-state index in [4.69, 9.17) is 0 Å². The largest absolute Gasteiger partial charge is 0.310 e. The SMILES string of the molecule is C=CC1=C(/C=C\C)c2ccc(N(c3ccc4c(c3)-c3ccccc3C43C4CCC5CC(C4)CC3[C@H]5C)c3cccc4ccccc34)cc2C12CC1CCC2C1. The maximum Gasteiger partial charge on any atom is 0.0540 e. The van der Waals surface area contributed by atoms with Gasteiger partial charge in [0.05, 0.1) is 5.69 Å². The van der Waals surface area contributed by atoms with Crippen LogP contribution in [0.2, 0.25) is 0 Å². The van der Waals surface area contributed by atoms with Crippen molar-refractivity contribution in [1.29, 1.82) is 0 Å². The average molecular weight is 716 g/mol. The highest BCUT2D eigenvalue weighted by Crippen LogP contribution is 2.70. The Hall–Kier alpha value is -4.62. The van der Waals surface area contributed by atoms with Gasteiger partial charge in [0.2, 0.25) is 0 Å². The van der Waals surface area contributed by atoms with Gasteiger partial charge in [0, 0.05) is 27.6 Å². The van der Waals surface area contributed by atoms with Gasteiger partial charge in [0.15, 0.2) is 0 Å². The molecule has 2 spiro atoms. The zero-order valence-electron chi connectivity index (χ0n) is 32.6. The average Bonchev–Trinajstić information content (AvgIpc) is 3.93. The second-order valence-corrected chi connectivity index (χ2v) is 18.9. The fourth-order valence-electron chi connectivity index (χ4n) is 15.0. The smallest absolute Gasteiger partial charge is 0.0540 e. The lowest BCUT2D eigenvalue weighted by atomic mass is 9.48. The molecule has 8 aliphatic carbocycles. The lowest BCUT2D eigenvalue weighted by Crippen LogP contribution is -2.51. The highest BCUT2D eigenvalue weighted by molar-refractivity contribution is 6.00. The van der Waals surface area contributed by atoms with Crippen LogP contribution >= 0.6 is 0 Å². The molecule has 0 radical (unpaired) electrons. The Labute approximate surface area is 327 Å². The lowest BCUT2D eigenvalue weighted by Gasteiger charge is -2.55. The van der Waals surface area contributed by atoms with Gasteiger partial charge in [-0.15, -0.1) is 0 Å². The van der Waals surface area contributed by atoms with E-state index in [1.54, 1.807) is 11.1 Å². The fraction of sp³-hybridized carbons (Fsp3) is 0.370. The molecule has 0 amide bonds. The van der Waals surface area contributed by atoms with Crippen LogP contribution in [0.5, 0.6) is 0 Å². The van der Waals surface area contributed by atoms with E-state index in [9.17, 15) is 0 Å². The Balaban J connectivity index is 1.08. The summed E-state index contributed by atoms with van der Waals surface area (Å²) in [6, 6.07) is 40.7. The van der Waals surface area contributed by atoms with Crippen molar-refractivity contribution in [1.82, 2.24) is 0 Å². The van der Waals surface area contributed by atoms with Crippen LogP contribution in [0.1, 0.15) is 93.9 Å². The van der Waals surface area contributed by atoms with Crippen molar-refractivity contribution in [2.24, 2.45) is 41.4 Å². The zero-order chi connectivity index (χ0) is 36.6. The van der Waals surface area contributed by atoms with Gasteiger partial charge in [-0.25, -0.2) is 0 Å². The van der Waals surface area contributed by atoms with E-state index in [1.165, 1.54) is 119 Å². The summed E-state index contributed by atoms with van der Waals surface area (Å²) < 4.78 is 0. The van der Waals surface area contributed by atoms with Crippen LogP contribution in [0.3, 0.4) is 0 Å². The maximum absolute atomic E-state index is 4.47. The third kappa shape index (κ3) is 4.15. The number of hydrogen-bond donors (Lipinski definition) is 0. The quantitative estimate of drug-likeness (QED) is 0.175. The maximum atomic E-state index is 4.47. The third-order valence-corrected chi connectivity index (χ3v) is 16.9. The number of hydrogen-bond acceptors (Lipinski definition) is 1. The Morgan fingerprint density at radius 2 is 1.45 bits per heavy atom. The molecule has 6 fully saturated rings. The lowest BCUT2D eigenvalue weighted by molar-refractivity contribution is 0.0174. The summed E-state index contributed by atoms with van der Waals surface area (Å²) in [5.74, 6) is 5.56. The van der Waals surface area contributed by atoms with Crippen LogP contribution in [0.25, 0.3) is 27.5 Å². The topological polar surface area (TPSA) is 3.24 Å². The summed E-state index contributed by atoms with van der Waals surface area (Å²) in [6.07, 6.45) is 19.2. The highest BCUT2D eigenvalue weighted by Gasteiger charge is 2.62. The van der Waals surface area contributed by atoms with E-state index in [0.29, 0.717) is 5.92 Å². The van der Waals surface area contributed by atoms with Gasteiger partial charge in [-0.3, -0.25) is 0 Å². The second kappa shape index (κ2) is 11.7. The molecule has 13 rings (SSSR count). The predicted octanol–water partition coefficient (Wildman–Crippen LogP) is 14.3. The van der Waals surface area contributed by atoms with Crippen LogP contribution in [-0.4, -0.2) is 0 Å². The third-order valence-electron chi connectivity index (χ3n) is 16.9. The molecule has 0 aliphatic heterocycles. The minimum atomic E-state index is 0.0627. The molecular weight excluding hydrogens is 663 g/mol. The molecule has 6 saturated carbocycles. The highest BCUT2D eigenvalue weighted by atomic mass is 15.1. The van der Waals surface area contributed by atoms with E-state index >= 15 is 0 Å². The van der Waals surface area contributed by atoms with E-state index in [1.807, 2.05) is 0 Å². The molecule has 1 heteroatoms. The first kappa shape index (κ1) is 32.6. The first-order valence-corrected chi connectivity index (χ1v) is 21.7. The van der Waals surface area contributed by atoms with Gasteiger partial charge in [0.25, 0.3) is 0 Å². The van der Waals surface area contributed by atoms with Crippen molar-refractivity contribution in [3.63, 3.8) is 0 Å². The van der Waals surface area contributed by atoms with Gasteiger partial charge in [0.1, 0.15) is 0 Å². The molecule has 1 nitrogen and oxygen atoms in total. The van der Waals surface area contributed by atoms with Crippen molar-refractivity contribution >= 4 is 33.4 Å². The summed E-state index contributed by atoms with van der Waals surface area (Å²) >= 11 is 0. The van der Waals surface area contributed by atoms with E-state index in [0.717, 1.165) is 35.5 Å². The number of nitrogens with zero attached hydrogens (tertiary/aromatic N) is 1. The van der Waals surface area contributed by atoms with Crippen molar-refractivity contribution in [2.45, 2.75) is 82.5 Å². The molecular formula is C54H53N. The number of allylic oxidation sites excluding steroid dienone is 5. The van der Waals surface area contributed by atoms with Crippen LogP contribution in [0.15, 0.2) is 134 Å². The molecule has 5 aromatic carbocycles. The molecule has 5 aromatic rings. The Morgan fingerprint density at radius 3 is 2.31 bits per heavy atom. The van der Waals surface area contributed by atoms with E-state index < -0.39 is 0 Å². The summed E-state index contributed by atoms with van der Waals surface area (Å²) in [4.78, 5) is 2.62. The van der Waals surface area contributed by atoms with Crippen LogP contribution < -0.4 is 4.90 Å². The van der Waals surface area contributed by atoms with Crippen molar-refractivity contribution in [2.75, 3.05) is 4.90 Å². The standard InChI is InChI=1S/C54H53N/c1-4-11-43-45-24-22-41(31-51(45)53(47(43)5-2)32-34-18-20-38(53)27-34)55(52-17-10-13-36-12-6-7-14-42(36)52)40-23-25-49-46(30-40)44-15-8-9-16-48(44)54(49)39-21-19-37-26-35(28-39)29-50(54)33(37)3/h4-17,22-25,30-31,33-35,37-39,50H,2,18-21,26-29,32H2,1,3H3/b11-4-/t33-,34?,35?,37?,38?,39?,50?,53?,54?/m0/s1. The van der Waals surface area contributed by atoms with Crippen molar-refractivity contribution in [3.8, 4) is 11.1 Å². The van der Waals surface area contributed by atoms with Crippen LogP contribution in [0.4, 0.5) is 17.1 Å². The Morgan fingerprint density at radius 1 is 0.673 bits per heavy atom. The Kier molecular flexibility index (Phi) is 6.94. The van der Waals surface area contributed by atoms with Gasteiger partial charge in [-0.1, -0.05) is 111 Å². The zero-order valence-corrected chi connectivity index (χ0v) is 32.6. The molecule has 55 heavy (non-hydrogen) atoms. The first-order valence-electron chi connectivity index (χ1n) is 21.7. The molecule has 0 N–H and O–H groups in total. The van der Waals surface area contributed by atoms with Crippen LogP contribution in [-0.2, 0) is 10.8 Å². The molecule has 8 aliphatic rings.